The van der Waals surface area contributed by atoms with Crippen LogP contribution in [0.3, 0.4) is 0 Å². The van der Waals surface area contributed by atoms with Gasteiger partial charge in [0.2, 0.25) is 10.0 Å². The van der Waals surface area contributed by atoms with Gasteiger partial charge in [0.25, 0.3) is 5.91 Å². The maximum Gasteiger partial charge on any atom is 0.273 e. The Balaban J connectivity index is 1.43. The lowest BCUT2D eigenvalue weighted by atomic mass is 10.1. The predicted octanol–water partition coefficient (Wildman–Crippen LogP) is 2.99. The van der Waals surface area contributed by atoms with Crippen LogP contribution in [0.1, 0.15) is 20.9 Å². The molecule has 8 nitrogen and oxygen atoms in total. The van der Waals surface area contributed by atoms with E-state index in [9.17, 15) is 13.2 Å². The van der Waals surface area contributed by atoms with E-state index < -0.39 is 15.9 Å². The maximum atomic E-state index is 12.7. The van der Waals surface area contributed by atoms with Gasteiger partial charge in [-0.1, -0.05) is 29.8 Å². The Morgan fingerprint density at radius 1 is 1.30 bits per heavy atom. The Morgan fingerprint density at radius 3 is 2.83 bits per heavy atom. The molecule has 3 aromatic rings. The number of aromatic amines is 1. The van der Waals surface area contributed by atoms with Gasteiger partial charge >= 0.3 is 0 Å². The third kappa shape index (κ3) is 4.57. The molecule has 1 aliphatic heterocycles. The fourth-order valence-electron chi connectivity index (χ4n) is 3.03. The largest absolute Gasteiger partial charge is 0.379 e. The van der Waals surface area contributed by atoms with Gasteiger partial charge in [-0.2, -0.15) is 4.31 Å². The van der Waals surface area contributed by atoms with Gasteiger partial charge in [0, 0.05) is 41.8 Å². The number of sulfonamides is 1. The quantitative estimate of drug-likeness (QED) is 0.581. The Hall–Kier alpha value is -2.24. The number of hydrogen-bond acceptors (Lipinski definition) is 6. The van der Waals surface area contributed by atoms with Crippen molar-refractivity contribution in [1.29, 1.82) is 0 Å². The molecule has 158 valence electrons. The molecule has 0 spiro atoms. The number of thiazole rings is 1. The molecule has 1 fully saturated rings. The van der Waals surface area contributed by atoms with E-state index in [4.69, 9.17) is 16.3 Å². The van der Waals surface area contributed by atoms with Crippen molar-refractivity contribution in [1.82, 2.24) is 14.3 Å². The molecule has 0 radical (unpaired) electrons. The summed E-state index contributed by atoms with van der Waals surface area (Å²) in [5, 5.41) is 3.80. The molecule has 2 aromatic heterocycles. The fourth-order valence-corrected chi connectivity index (χ4v) is 5.47. The number of amides is 1. The van der Waals surface area contributed by atoms with Crippen LogP contribution in [0, 0.1) is 0 Å². The van der Waals surface area contributed by atoms with Gasteiger partial charge in [-0.05, 0) is 17.7 Å². The molecule has 1 saturated heterocycles. The van der Waals surface area contributed by atoms with Crippen molar-refractivity contribution in [3.63, 3.8) is 0 Å². The molecule has 0 unspecified atom stereocenters. The average Bonchev–Trinajstić information content (AvgIpc) is 3.41. The van der Waals surface area contributed by atoms with E-state index in [0.717, 1.165) is 10.4 Å². The van der Waals surface area contributed by atoms with Crippen molar-refractivity contribution in [3.8, 4) is 0 Å². The summed E-state index contributed by atoms with van der Waals surface area (Å²) in [5.41, 5.74) is 1.12. The first kappa shape index (κ1) is 21.0. The molecule has 11 heteroatoms. The van der Waals surface area contributed by atoms with Crippen molar-refractivity contribution >= 4 is 44.0 Å². The van der Waals surface area contributed by atoms with Crippen LogP contribution in [0.15, 0.2) is 47.6 Å². The van der Waals surface area contributed by atoms with Crippen LogP contribution in [0.25, 0.3) is 0 Å². The summed E-state index contributed by atoms with van der Waals surface area (Å²) in [7, 11) is -3.67. The van der Waals surface area contributed by atoms with Crippen LogP contribution in [-0.2, 0) is 21.2 Å². The minimum Gasteiger partial charge on any atom is -0.379 e. The Morgan fingerprint density at radius 2 is 2.07 bits per heavy atom. The number of rotatable bonds is 6. The smallest absolute Gasteiger partial charge is 0.273 e. The second-order valence-electron chi connectivity index (χ2n) is 6.62. The number of anilines is 1. The van der Waals surface area contributed by atoms with E-state index in [1.165, 1.54) is 27.9 Å². The number of hydrogen-bond donors (Lipinski definition) is 2. The van der Waals surface area contributed by atoms with E-state index >= 15 is 0 Å². The van der Waals surface area contributed by atoms with Gasteiger partial charge in [0.05, 0.1) is 13.2 Å². The summed E-state index contributed by atoms with van der Waals surface area (Å²) in [4.78, 5) is 20.5. The maximum absolute atomic E-state index is 12.7. The average molecular weight is 467 g/mol. The van der Waals surface area contributed by atoms with E-state index in [1.807, 2.05) is 24.3 Å². The van der Waals surface area contributed by atoms with Crippen LogP contribution >= 0.6 is 22.9 Å². The molecule has 2 N–H and O–H groups in total. The fraction of sp³-hybridized carbons (Fsp3) is 0.263. The lowest BCUT2D eigenvalue weighted by molar-refractivity contribution is 0.0730. The third-order valence-corrected chi connectivity index (χ3v) is 7.76. The van der Waals surface area contributed by atoms with Crippen LogP contribution in [0.2, 0.25) is 5.02 Å². The molecule has 0 atom stereocenters. The molecule has 3 heterocycles. The zero-order valence-corrected chi connectivity index (χ0v) is 18.2. The van der Waals surface area contributed by atoms with E-state index in [0.29, 0.717) is 42.9 Å². The number of carbonyl (C=O) groups excluding carboxylic acids is 1. The highest BCUT2D eigenvalue weighted by atomic mass is 35.5. The van der Waals surface area contributed by atoms with Gasteiger partial charge in [0.15, 0.2) is 5.13 Å². The van der Waals surface area contributed by atoms with E-state index in [1.54, 1.807) is 6.20 Å². The second-order valence-corrected chi connectivity index (χ2v) is 10.1. The lowest BCUT2D eigenvalue weighted by Gasteiger charge is -2.25. The monoisotopic (exact) mass is 466 g/mol. The number of morpholine rings is 1. The molecular weight excluding hydrogens is 448 g/mol. The molecular formula is C19H19ClN4O4S2. The summed E-state index contributed by atoms with van der Waals surface area (Å²) < 4.78 is 31.9. The number of nitrogens with one attached hydrogen (secondary N) is 2. The summed E-state index contributed by atoms with van der Waals surface area (Å²) in [6.45, 7) is 1.31. The number of aromatic nitrogens is 2. The number of carbonyl (C=O) groups is 1. The first-order valence-corrected chi connectivity index (χ1v) is 11.8. The number of halogens is 1. The minimum atomic E-state index is -3.67. The predicted molar refractivity (Wildman–Crippen MR) is 115 cm³/mol. The highest BCUT2D eigenvalue weighted by molar-refractivity contribution is 7.89. The van der Waals surface area contributed by atoms with Crippen molar-refractivity contribution in [2.45, 2.75) is 11.3 Å². The van der Waals surface area contributed by atoms with E-state index in [2.05, 4.69) is 15.3 Å². The third-order valence-electron chi connectivity index (χ3n) is 4.61. The van der Waals surface area contributed by atoms with Crippen molar-refractivity contribution < 1.29 is 17.9 Å². The standard InChI is InChI=1S/C19H19ClN4O4S2/c20-16-4-2-1-3-13(16)9-14-11-22-19(29-14)23-18(25)17-10-15(12-21-17)30(26,27)24-5-7-28-8-6-24/h1-4,10-12,21H,5-9H2,(H,22,23,25). The lowest BCUT2D eigenvalue weighted by Crippen LogP contribution is -2.40. The summed E-state index contributed by atoms with van der Waals surface area (Å²) in [6.07, 6.45) is 3.62. The van der Waals surface area contributed by atoms with Gasteiger partial charge in [-0.25, -0.2) is 13.4 Å². The van der Waals surface area contributed by atoms with Crippen molar-refractivity contribution in [3.05, 3.63) is 63.9 Å². The van der Waals surface area contributed by atoms with Crippen molar-refractivity contribution in [2.75, 3.05) is 31.6 Å². The molecule has 0 bridgehead atoms. The summed E-state index contributed by atoms with van der Waals surface area (Å²) in [6, 6.07) is 8.88. The summed E-state index contributed by atoms with van der Waals surface area (Å²) in [5.74, 6) is -0.461. The molecule has 1 aromatic carbocycles. The Kier molecular flexibility index (Phi) is 6.21. The first-order chi connectivity index (χ1) is 14.4. The molecule has 4 rings (SSSR count). The molecule has 30 heavy (non-hydrogen) atoms. The van der Waals surface area contributed by atoms with Gasteiger partial charge in [0.1, 0.15) is 10.6 Å². The van der Waals surface area contributed by atoms with Gasteiger partial charge in [-0.15, -0.1) is 11.3 Å². The highest BCUT2D eigenvalue weighted by Crippen LogP contribution is 2.25. The van der Waals surface area contributed by atoms with Crippen LogP contribution < -0.4 is 5.32 Å². The Labute approximate surface area is 182 Å². The molecule has 0 saturated carbocycles. The van der Waals surface area contributed by atoms with Gasteiger partial charge < -0.3 is 9.72 Å². The van der Waals surface area contributed by atoms with Gasteiger partial charge in [-0.3, -0.25) is 10.1 Å². The molecule has 0 aliphatic carbocycles. The zero-order chi connectivity index (χ0) is 21.1. The second kappa shape index (κ2) is 8.86. The number of benzene rings is 1. The number of nitrogens with zero attached hydrogens (tertiary/aromatic N) is 2. The van der Waals surface area contributed by atoms with Crippen LogP contribution in [0.4, 0.5) is 5.13 Å². The summed E-state index contributed by atoms with van der Waals surface area (Å²) >= 11 is 7.53. The molecule has 1 aliphatic rings. The molecule has 1 amide bonds. The van der Waals surface area contributed by atoms with Crippen LogP contribution in [-0.4, -0.2) is 54.9 Å². The van der Waals surface area contributed by atoms with Crippen molar-refractivity contribution in [2.24, 2.45) is 0 Å². The minimum absolute atomic E-state index is 0.0492. The van der Waals surface area contributed by atoms with Crippen LogP contribution in [0.5, 0.6) is 0 Å². The Bertz CT molecular complexity index is 1150. The normalized spacial score (nSPS) is 15.2. The topological polar surface area (TPSA) is 104 Å². The van der Waals surface area contributed by atoms with E-state index in [-0.39, 0.29) is 10.6 Å². The highest BCUT2D eigenvalue weighted by Gasteiger charge is 2.28. The number of H-pyrrole nitrogens is 1. The zero-order valence-electron chi connectivity index (χ0n) is 15.8. The SMILES string of the molecule is O=C(Nc1ncc(Cc2ccccc2Cl)s1)c1cc(S(=O)(=O)N2CCOCC2)c[nH]1. The number of ether oxygens (including phenoxy) is 1. The first-order valence-electron chi connectivity index (χ1n) is 9.19.